The first kappa shape index (κ1) is 19.6. The smallest absolute Gasteiger partial charge is 0.417 e. The fourth-order valence-electron chi connectivity index (χ4n) is 1.34. The average Bonchev–Trinajstić information content (AvgIpc) is 2.48. The first-order valence-corrected chi connectivity index (χ1v) is 11.3. The summed E-state index contributed by atoms with van der Waals surface area (Å²) in [6.45, 7) is 0. The van der Waals surface area contributed by atoms with Crippen molar-refractivity contribution in [2.24, 2.45) is 0 Å². The summed E-state index contributed by atoms with van der Waals surface area (Å²) in [5.74, 6) is 0.937. The van der Waals surface area contributed by atoms with E-state index in [1.165, 1.54) is 0 Å². The van der Waals surface area contributed by atoms with Crippen molar-refractivity contribution in [3.05, 3.63) is 51.1 Å². The molecule has 0 aliphatic heterocycles. The molecule has 2 aromatic carbocycles. The van der Waals surface area contributed by atoms with Crippen LogP contribution in [0.25, 0.3) is 0 Å². The van der Waals surface area contributed by atoms with Gasteiger partial charge in [-0.1, -0.05) is 0 Å². The van der Waals surface area contributed by atoms with Crippen LogP contribution in [0.2, 0.25) is 0 Å². The van der Waals surface area contributed by atoms with Gasteiger partial charge in [-0.25, -0.2) is 0 Å². The fourth-order valence-corrected chi connectivity index (χ4v) is 4.97. The van der Waals surface area contributed by atoms with Crippen LogP contribution in [0, 0.1) is 0 Å². The molecule has 1 N–H and O–H groups in total. The van der Waals surface area contributed by atoms with Crippen molar-refractivity contribution in [3.8, 4) is 11.5 Å². The van der Waals surface area contributed by atoms with Crippen molar-refractivity contribution in [2.45, 2.75) is 0 Å². The third kappa shape index (κ3) is 4.69. The lowest BCUT2D eigenvalue weighted by Gasteiger charge is -2.15. The van der Waals surface area contributed by atoms with E-state index in [9.17, 15) is 4.89 Å². The van der Waals surface area contributed by atoms with E-state index >= 15 is 0 Å². The van der Waals surface area contributed by atoms with Gasteiger partial charge in [0, 0.05) is 17.9 Å². The molecule has 2 rings (SSSR count). The Bertz CT molecular complexity index is 652. The molecule has 0 spiro atoms. The first-order chi connectivity index (χ1) is 10.3. The van der Waals surface area contributed by atoms with Crippen LogP contribution < -0.4 is 9.05 Å². The van der Waals surface area contributed by atoms with Crippen LogP contribution in [-0.2, 0) is 0 Å². The molecule has 0 bridgehead atoms. The lowest BCUT2D eigenvalue weighted by Crippen LogP contribution is -1.96. The van der Waals surface area contributed by atoms with Gasteiger partial charge in [-0.05, 0) is 120 Å². The van der Waals surface area contributed by atoms with Gasteiger partial charge in [0.15, 0.2) is 0 Å². The van der Waals surface area contributed by atoms with E-state index in [0.717, 1.165) is 17.9 Å². The molecule has 22 heavy (non-hydrogen) atoms. The number of hydrogen-bond donors (Lipinski definition) is 1. The minimum Gasteiger partial charge on any atom is -0.417 e. The zero-order valence-corrected chi connectivity index (χ0v) is 20.7. The van der Waals surface area contributed by atoms with Gasteiger partial charge in [0.25, 0.3) is 0 Å². The van der Waals surface area contributed by atoms with Gasteiger partial charge in [-0.3, -0.25) is 0 Å². The van der Waals surface area contributed by atoms with Crippen LogP contribution in [-0.4, -0.2) is 4.89 Å². The van der Waals surface area contributed by atoms with Crippen molar-refractivity contribution in [1.82, 2.24) is 0 Å². The summed E-state index contributed by atoms with van der Waals surface area (Å²) in [6, 6.07) is 7.06. The normalized spacial score (nSPS) is 10.9. The molecular formula is C12H5Br6O3P. The first-order valence-electron chi connectivity index (χ1n) is 5.43. The Morgan fingerprint density at radius 3 is 1.36 bits per heavy atom. The topological polar surface area (TPSA) is 38.7 Å². The highest BCUT2D eigenvalue weighted by molar-refractivity contribution is 9.15. The van der Waals surface area contributed by atoms with E-state index in [1.807, 2.05) is 0 Å². The molecule has 0 aliphatic rings. The Morgan fingerprint density at radius 1 is 0.636 bits per heavy atom. The van der Waals surface area contributed by atoms with E-state index in [-0.39, 0.29) is 0 Å². The summed E-state index contributed by atoms with van der Waals surface area (Å²) >= 11 is 20.4. The van der Waals surface area contributed by atoms with Gasteiger partial charge in [-0.2, -0.15) is 0 Å². The van der Waals surface area contributed by atoms with E-state index < -0.39 is 8.60 Å². The zero-order valence-electron chi connectivity index (χ0n) is 10.3. The predicted molar refractivity (Wildman–Crippen MR) is 109 cm³/mol. The highest BCUT2D eigenvalue weighted by Crippen LogP contribution is 2.46. The van der Waals surface area contributed by atoms with Gasteiger partial charge in [0.2, 0.25) is 0 Å². The Labute approximate surface area is 178 Å². The second-order valence-corrected chi connectivity index (χ2v) is 9.49. The molecule has 0 unspecified atom stereocenters. The zero-order chi connectivity index (χ0) is 16.4. The Kier molecular flexibility index (Phi) is 7.68. The Morgan fingerprint density at radius 2 is 1.00 bits per heavy atom. The molecule has 0 saturated carbocycles. The minimum atomic E-state index is -2.14. The lowest BCUT2D eigenvalue weighted by atomic mass is 10.3. The molecule has 0 fully saturated rings. The van der Waals surface area contributed by atoms with Crippen LogP contribution in [0.5, 0.6) is 11.5 Å². The third-order valence-corrected chi connectivity index (χ3v) is 9.73. The highest BCUT2D eigenvalue weighted by atomic mass is 79.9. The molecular weight excluding hydrogens is 703 g/mol. The summed E-state index contributed by atoms with van der Waals surface area (Å²) in [5.41, 5.74) is 0. The van der Waals surface area contributed by atoms with Gasteiger partial charge in [0.1, 0.15) is 11.5 Å². The van der Waals surface area contributed by atoms with Crippen molar-refractivity contribution < 1.29 is 13.9 Å². The largest absolute Gasteiger partial charge is 0.460 e. The van der Waals surface area contributed by atoms with E-state index in [2.05, 4.69) is 95.6 Å². The molecule has 2 aromatic rings. The second-order valence-electron chi connectivity index (χ2n) is 3.77. The molecule has 0 heterocycles. The molecule has 0 amide bonds. The molecule has 3 nitrogen and oxygen atoms in total. The maximum absolute atomic E-state index is 10.0. The van der Waals surface area contributed by atoms with Crippen LogP contribution >= 0.6 is 104 Å². The molecule has 0 radical (unpaired) electrons. The minimum absolute atomic E-state index is 0.469. The number of benzene rings is 2. The quantitative estimate of drug-likeness (QED) is 0.259. The summed E-state index contributed by atoms with van der Waals surface area (Å²) in [7, 11) is -2.14. The second kappa shape index (κ2) is 8.61. The Balaban J connectivity index is 2.16. The number of hydrogen-bond acceptors (Lipinski definition) is 3. The SMILES string of the molecule is OP(Oc1ccc(Br)c(Br)c1Br)Oc1ccc(Br)c(Br)c1Br. The summed E-state index contributed by atoms with van der Waals surface area (Å²) in [5, 5.41) is 0. The van der Waals surface area contributed by atoms with Gasteiger partial charge in [-0.15, -0.1) is 0 Å². The van der Waals surface area contributed by atoms with Crippen molar-refractivity contribution >= 4 is 104 Å². The van der Waals surface area contributed by atoms with Crippen molar-refractivity contribution in [1.29, 1.82) is 0 Å². The van der Waals surface area contributed by atoms with E-state index in [4.69, 9.17) is 9.05 Å². The van der Waals surface area contributed by atoms with Crippen LogP contribution in [0.4, 0.5) is 0 Å². The van der Waals surface area contributed by atoms with Gasteiger partial charge >= 0.3 is 8.60 Å². The molecule has 10 heteroatoms. The molecule has 118 valence electrons. The van der Waals surface area contributed by atoms with Crippen LogP contribution in [0.15, 0.2) is 51.1 Å². The Hall–Kier alpha value is 1.31. The van der Waals surface area contributed by atoms with Crippen LogP contribution in [0.3, 0.4) is 0 Å². The molecule has 0 aliphatic carbocycles. The fraction of sp³-hybridized carbons (Fsp3) is 0. The van der Waals surface area contributed by atoms with Crippen molar-refractivity contribution in [2.75, 3.05) is 0 Å². The summed E-state index contributed by atoms with van der Waals surface area (Å²) < 4.78 is 15.6. The molecule has 0 atom stereocenters. The molecule has 0 saturated heterocycles. The summed E-state index contributed by atoms with van der Waals surface area (Å²) in [4.78, 5) is 10.0. The van der Waals surface area contributed by atoms with E-state index in [1.54, 1.807) is 24.3 Å². The standard InChI is InChI=1S/C12H5Br6O3P/c13-5-1-3-7(11(17)9(5)15)20-22(19)21-8-4-2-6(14)10(16)12(8)18/h1-4,19H. The highest BCUT2D eigenvalue weighted by Gasteiger charge is 2.18. The third-order valence-electron chi connectivity index (χ3n) is 2.35. The van der Waals surface area contributed by atoms with Crippen LogP contribution in [0.1, 0.15) is 0 Å². The lowest BCUT2D eigenvalue weighted by molar-refractivity contribution is 0.379. The van der Waals surface area contributed by atoms with Gasteiger partial charge < -0.3 is 13.9 Å². The summed E-state index contributed by atoms with van der Waals surface area (Å²) in [6.07, 6.45) is 0. The monoisotopic (exact) mass is 702 g/mol. The van der Waals surface area contributed by atoms with Gasteiger partial charge in [0.05, 0.1) is 8.95 Å². The predicted octanol–water partition coefficient (Wildman–Crippen LogP) is 7.94. The average molecular weight is 708 g/mol. The number of halogens is 6. The van der Waals surface area contributed by atoms with Crippen molar-refractivity contribution in [3.63, 3.8) is 0 Å². The number of rotatable bonds is 4. The van der Waals surface area contributed by atoms with E-state index in [0.29, 0.717) is 20.4 Å². The molecule has 0 aromatic heterocycles. The maximum atomic E-state index is 10.0. The maximum Gasteiger partial charge on any atom is 0.460 e.